The van der Waals surface area contributed by atoms with Crippen molar-refractivity contribution in [2.45, 2.75) is 116 Å². The van der Waals surface area contributed by atoms with Gasteiger partial charge in [0.2, 0.25) is 17.7 Å². The number of carbonyl (C=O) groups excluding carboxylic acids is 5. The summed E-state index contributed by atoms with van der Waals surface area (Å²) in [7, 11) is 0. The lowest BCUT2D eigenvalue weighted by atomic mass is 9.99. The van der Waals surface area contributed by atoms with E-state index < -0.39 is 65.5 Å². The highest BCUT2D eigenvalue weighted by molar-refractivity contribution is 5.95. The van der Waals surface area contributed by atoms with E-state index in [2.05, 4.69) is 17.6 Å². The number of nitrogens with two attached hydrogens (primary N) is 1. The lowest BCUT2D eigenvalue weighted by Gasteiger charge is -2.35. The largest absolute Gasteiger partial charge is 0.458 e. The molecule has 11 nitrogen and oxygen atoms in total. The molecule has 0 aliphatic carbocycles. The van der Waals surface area contributed by atoms with Gasteiger partial charge in [0.15, 0.2) is 0 Å². The van der Waals surface area contributed by atoms with Crippen molar-refractivity contribution in [1.82, 2.24) is 15.5 Å². The first kappa shape index (κ1) is 38.8. The summed E-state index contributed by atoms with van der Waals surface area (Å²) < 4.78 is 11.0. The van der Waals surface area contributed by atoms with Crippen LogP contribution < -0.4 is 16.4 Å². The molecule has 11 heteroatoms. The second-order valence-corrected chi connectivity index (χ2v) is 13.6. The first-order valence-corrected chi connectivity index (χ1v) is 16.2. The van der Waals surface area contributed by atoms with Crippen LogP contribution in [0.2, 0.25) is 0 Å². The molecular formula is C36H52N4O7. The average Bonchev–Trinajstić information content (AvgIpc) is 2.96. The third kappa shape index (κ3) is 14.3. The maximum absolute atomic E-state index is 14.4. The molecule has 47 heavy (non-hydrogen) atoms. The minimum atomic E-state index is -1.40. The van der Waals surface area contributed by atoms with Gasteiger partial charge in [-0.2, -0.15) is 0 Å². The van der Waals surface area contributed by atoms with Crippen LogP contribution in [-0.2, 0) is 35.1 Å². The van der Waals surface area contributed by atoms with Crippen LogP contribution in [0.3, 0.4) is 0 Å². The molecule has 0 spiro atoms. The molecule has 3 unspecified atom stereocenters. The number of ether oxygens (including phenoxy) is 2. The summed E-state index contributed by atoms with van der Waals surface area (Å²) in [4.78, 5) is 68.4. The Bertz CT molecular complexity index is 1320. The number of nitrogens with one attached hydrogen (secondary N) is 2. The first-order valence-electron chi connectivity index (χ1n) is 16.2. The van der Waals surface area contributed by atoms with E-state index in [0.29, 0.717) is 12.0 Å². The number of amides is 4. The number of alkyl carbamates (subject to hydrolysis) is 1. The smallest absolute Gasteiger partial charge is 0.408 e. The quantitative estimate of drug-likeness (QED) is 0.171. The molecule has 0 bridgehead atoms. The van der Waals surface area contributed by atoms with E-state index in [9.17, 15) is 24.0 Å². The first-order chi connectivity index (χ1) is 22.0. The van der Waals surface area contributed by atoms with Gasteiger partial charge in [0.05, 0.1) is 6.42 Å². The number of esters is 1. The van der Waals surface area contributed by atoms with Crippen LogP contribution in [0.4, 0.5) is 4.79 Å². The van der Waals surface area contributed by atoms with E-state index in [1.165, 1.54) is 4.90 Å². The summed E-state index contributed by atoms with van der Waals surface area (Å²) in [6.07, 6.45) is 1.90. The molecule has 2 rings (SSSR count). The molecule has 0 heterocycles. The Morgan fingerprint density at radius 3 is 1.87 bits per heavy atom. The lowest BCUT2D eigenvalue weighted by Crippen LogP contribution is -2.55. The Morgan fingerprint density at radius 2 is 1.34 bits per heavy atom. The van der Waals surface area contributed by atoms with Crippen LogP contribution >= 0.6 is 0 Å². The zero-order chi connectivity index (χ0) is 35.2. The van der Waals surface area contributed by atoms with Gasteiger partial charge >= 0.3 is 12.1 Å². The fourth-order valence-corrected chi connectivity index (χ4v) is 4.90. The Morgan fingerprint density at radius 1 is 0.766 bits per heavy atom. The highest BCUT2D eigenvalue weighted by atomic mass is 16.6. The fourth-order valence-electron chi connectivity index (χ4n) is 4.90. The van der Waals surface area contributed by atoms with E-state index in [1.54, 1.807) is 71.9 Å². The molecule has 4 amide bonds. The van der Waals surface area contributed by atoms with Gasteiger partial charge in [-0.15, -0.1) is 0 Å². The van der Waals surface area contributed by atoms with E-state index in [4.69, 9.17) is 15.2 Å². The Kier molecular flexibility index (Phi) is 14.9. The summed E-state index contributed by atoms with van der Waals surface area (Å²) in [6, 6.07) is 14.2. The standard InChI is InChI=1S/C36H52N4O7/c1-8-9-10-17-22-40(32(43)27(24-29(37)41)39-34(45)47-36(5,6)7)30(26-20-15-12-16-21-26)31(42)38-28(33(44)46-35(2,3)4)23-25-18-13-11-14-19-25/h11-16,18-21,27-28,30H,8-10,17,22-24H2,1-7H3,(H2,37,41)(H,38,42)(H,39,45). The number of unbranched alkanes of at least 4 members (excludes halogenated alkanes) is 3. The number of hydrogen-bond donors (Lipinski definition) is 3. The van der Waals surface area contributed by atoms with Crippen molar-refractivity contribution in [1.29, 1.82) is 0 Å². The van der Waals surface area contributed by atoms with Crippen LogP contribution in [0, 0.1) is 0 Å². The molecule has 0 fully saturated rings. The van der Waals surface area contributed by atoms with Crippen molar-refractivity contribution in [2.24, 2.45) is 5.73 Å². The monoisotopic (exact) mass is 652 g/mol. The van der Waals surface area contributed by atoms with Gasteiger partial charge in [0.1, 0.15) is 29.3 Å². The van der Waals surface area contributed by atoms with Crippen LogP contribution in [0.5, 0.6) is 0 Å². The lowest BCUT2D eigenvalue weighted by molar-refractivity contribution is -0.159. The number of benzene rings is 2. The summed E-state index contributed by atoms with van der Waals surface area (Å²) in [6.45, 7) is 12.4. The molecular weight excluding hydrogens is 600 g/mol. The Labute approximate surface area is 278 Å². The van der Waals surface area contributed by atoms with Crippen molar-refractivity contribution in [3.63, 3.8) is 0 Å². The number of carbonyl (C=O) groups is 5. The van der Waals surface area contributed by atoms with Crippen LogP contribution in [0.1, 0.15) is 97.7 Å². The zero-order valence-corrected chi connectivity index (χ0v) is 28.8. The average molecular weight is 653 g/mol. The van der Waals surface area contributed by atoms with Gasteiger partial charge in [0.25, 0.3) is 0 Å². The van der Waals surface area contributed by atoms with Gasteiger partial charge in [-0.3, -0.25) is 14.4 Å². The molecule has 0 aromatic heterocycles. The maximum Gasteiger partial charge on any atom is 0.408 e. The summed E-state index contributed by atoms with van der Waals surface area (Å²) >= 11 is 0. The highest BCUT2D eigenvalue weighted by Crippen LogP contribution is 2.25. The normalized spacial score (nSPS) is 13.4. The molecule has 2 aromatic carbocycles. The van der Waals surface area contributed by atoms with Crippen molar-refractivity contribution < 1.29 is 33.4 Å². The SMILES string of the molecule is CCCCCCN(C(=O)C(CC(N)=O)NC(=O)OC(C)(C)C)C(C(=O)NC(Cc1ccccc1)C(=O)OC(C)(C)C)c1ccccc1. The van der Waals surface area contributed by atoms with E-state index in [0.717, 1.165) is 24.8 Å². The van der Waals surface area contributed by atoms with Crippen molar-refractivity contribution >= 4 is 29.8 Å². The summed E-state index contributed by atoms with van der Waals surface area (Å²) in [5.74, 6) is -2.76. The molecule has 0 radical (unpaired) electrons. The molecule has 0 aliphatic rings. The van der Waals surface area contributed by atoms with Crippen LogP contribution in [0.15, 0.2) is 60.7 Å². The Balaban J connectivity index is 2.59. The molecule has 0 aliphatic heterocycles. The minimum Gasteiger partial charge on any atom is -0.458 e. The number of nitrogens with zero attached hydrogens (tertiary/aromatic N) is 1. The predicted molar refractivity (Wildman–Crippen MR) is 180 cm³/mol. The summed E-state index contributed by atoms with van der Waals surface area (Å²) in [5, 5.41) is 5.35. The van der Waals surface area contributed by atoms with E-state index in [1.807, 2.05) is 30.3 Å². The van der Waals surface area contributed by atoms with Gasteiger partial charge in [-0.05, 0) is 59.1 Å². The predicted octanol–water partition coefficient (Wildman–Crippen LogP) is 4.97. The number of primary amides is 1. The van der Waals surface area contributed by atoms with Gasteiger partial charge in [-0.1, -0.05) is 86.8 Å². The molecule has 258 valence electrons. The number of hydrogen-bond acceptors (Lipinski definition) is 7. The molecule has 2 aromatic rings. The highest BCUT2D eigenvalue weighted by Gasteiger charge is 2.38. The second-order valence-electron chi connectivity index (χ2n) is 13.6. The van der Waals surface area contributed by atoms with Gasteiger partial charge < -0.3 is 30.7 Å². The summed E-state index contributed by atoms with van der Waals surface area (Å²) in [5.41, 5.74) is 5.11. The molecule has 0 saturated heterocycles. The van der Waals surface area contributed by atoms with Crippen molar-refractivity contribution in [2.75, 3.05) is 6.54 Å². The van der Waals surface area contributed by atoms with Gasteiger partial charge in [-0.25, -0.2) is 9.59 Å². The van der Waals surface area contributed by atoms with Crippen molar-refractivity contribution in [3.8, 4) is 0 Å². The molecule has 3 atom stereocenters. The topological polar surface area (TPSA) is 157 Å². The van der Waals surface area contributed by atoms with Gasteiger partial charge in [0, 0.05) is 13.0 Å². The molecule has 0 saturated carbocycles. The van der Waals surface area contributed by atoms with Crippen LogP contribution in [-0.4, -0.2) is 64.5 Å². The maximum atomic E-state index is 14.4. The fraction of sp³-hybridized carbons (Fsp3) is 0.528. The number of rotatable bonds is 16. The van der Waals surface area contributed by atoms with Crippen LogP contribution in [0.25, 0.3) is 0 Å². The zero-order valence-electron chi connectivity index (χ0n) is 28.8. The van der Waals surface area contributed by atoms with Crippen molar-refractivity contribution in [3.05, 3.63) is 71.8 Å². The Hall–Kier alpha value is -4.41. The van der Waals surface area contributed by atoms with E-state index in [-0.39, 0.29) is 13.0 Å². The molecule has 4 N–H and O–H groups in total. The minimum absolute atomic E-state index is 0.132. The van der Waals surface area contributed by atoms with E-state index >= 15 is 0 Å². The third-order valence-electron chi connectivity index (χ3n) is 6.90. The third-order valence-corrected chi connectivity index (χ3v) is 6.90. The second kappa shape index (κ2) is 18.1.